The molecular weight excluding hydrogens is 246 g/mol. The van der Waals surface area contributed by atoms with Crippen molar-refractivity contribution in [2.24, 2.45) is 0 Å². The number of aliphatic hydroxyl groups excluding tert-OH is 1. The summed E-state index contributed by atoms with van der Waals surface area (Å²) in [5.41, 5.74) is -0.506. The number of carbonyl (C=O) groups excluding carboxylic acids is 1. The van der Waals surface area contributed by atoms with E-state index in [0.29, 0.717) is 13.2 Å². The summed E-state index contributed by atoms with van der Waals surface area (Å²) in [6.45, 7) is 5.39. The van der Waals surface area contributed by atoms with Gasteiger partial charge in [-0.3, -0.25) is 9.69 Å². The molecule has 2 N–H and O–H groups in total. The van der Waals surface area contributed by atoms with Gasteiger partial charge in [0.1, 0.15) is 5.54 Å². The normalized spacial score (nSPS) is 28.8. The van der Waals surface area contributed by atoms with Gasteiger partial charge in [-0.15, -0.1) is 0 Å². The van der Waals surface area contributed by atoms with E-state index in [1.165, 1.54) is 0 Å². The van der Waals surface area contributed by atoms with E-state index >= 15 is 0 Å². The number of methoxy groups -OCH3 is 1. The summed E-state index contributed by atoms with van der Waals surface area (Å²) >= 11 is 0. The zero-order chi connectivity index (χ0) is 13.7. The fourth-order valence-electron chi connectivity index (χ4n) is 3.04. The highest BCUT2D eigenvalue weighted by molar-refractivity contribution is 5.87. The number of piperazine rings is 1. The van der Waals surface area contributed by atoms with E-state index in [0.717, 1.165) is 45.6 Å². The molecule has 0 saturated carbocycles. The van der Waals surface area contributed by atoms with Gasteiger partial charge in [0.2, 0.25) is 5.91 Å². The van der Waals surface area contributed by atoms with Gasteiger partial charge in [-0.1, -0.05) is 0 Å². The fraction of sp³-hybridized carbons (Fsp3) is 0.923. The van der Waals surface area contributed by atoms with Crippen LogP contribution in [-0.2, 0) is 9.53 Å². The smallest absolute Gasteiger partial charge is 0.245 e. The summed E-state index contributed by atoms with van der Waals surface area (Å²) in [4.78, 5) is 16.8. The molecule has 2 rings (SSSR count). The third-order valence-electron chi connectivity index (χ3n) is 4.12. The minimum atomic E-state index is -0.506. The van der Waals surface area contributed by atoms with Crippen LogP contribution >= 0.6 is 0 Å². The molecule has 2 heterocycles. The van der Waals surface area contributed by atoms with Crippen LogP contribution in [0.25, 0.3) is 0 Å². The predicted octanol–water partition coefficient (Wildman–Crippen LogP) is -1.11. The van der Waals surface area contributed by atoms with Crippen LogP contribution in [0.1, 0.15) is 12.8 Å². The van der Waals surface area contributed by atoms with Crippen molar-refractivity contribution in [3.8, 4) is 0 Å². The average molecular weight is 271 g/mol. The number of nitrogens with zero attached hydrogens (tertiary/aromatic N) is 2. The first-order valence-electron chi connectivity index (χ1n) is 7.08. The van der Waals surface area contributed by atoms with E-state index in [4.69, 9.17) is 9.84 Å². The van der Waals surface area contributed by atoms with E-state index in [-0.39, 0.29) is 12.5 Å². The molecule has 0 aromatic carbocycles. The van der Waals surface area contributed by atoms with Crippen LogP contribution in [0.15, 0.2) is 0 Å². The molecule has 6 nitrogen and oxygen atoms in total. The Morgan fingerprint density at radius 3 is 2.63 bits per heavy atom. The topological polar surface area (TPSA) is 65.0 Å². The highest BCUT2D eigenvalue weighted by Gasteiger charge is 2.43. The Hall–Kier alpha value is -0.690. The number of rotatable bonds is 5. The Balaban J connectivity index is 1.92. The lowest BCUT2D eigenvalue weighted by Gasteiger charge is -2.39. The molecule has 0 radical (unpaired) electrons. The number of hydrogen-bond donors (Lipinski definition) is 2. The fourth-order valence-corrected chi connectivity index (χ4v) is 3.04. The first-order valence-corrected chi connectivity index (χ1v) is 7.08. The van der Waals surface area contributed by atoms with Gasteiger partial charge in [-0.25, -0.2) is 0 Å². The Morgan fingerprint density at radius 2 is 2.11 bits per heavy atom. The molecule has 1 amide bonds. The molecule has 6 heteroatoms. The molecule has 2 aliphatic rings. The SMILES string of the molecule is COCC1(C(=O)N2CCN(CCO)CC2)CCCN1. The minimum absolute atomic E-state index is 0.176. The minimum Gasteiger partial charge on any atom is -0.395 e. The van der Waals surface area contributed by atoms with Crippen LogP contribution in [0.5, 0.6) is 0 Å². The standard InChI is InChI=1S/C13H25N3O3/c1-19-11-13(3-2-4-14-13)12(18)16-7-5-15(6-8-16)9-10-17/h14,17H,2-11H2,1H3. The third-order valence-corrected chi connectivity index (χ3v) is 4.12. The van der Waals surface area contributed by atoms with Gasteiger partial charge in [0, 0.05) is 39.8 Å². The van der Waals surface area contributed by atoms with Crippen LogP contribution in [0.2, 0.25) is 0 Å². The van der Waals surface area contributed by atoms with Crippen molar-refractivity contribution in [3.05, 3.63) is 0 Å². The number of hydrogen-bond acceptors (Lipinski definition) is 5. The largest absolute Gasteiger partial charge is 0.395 e. The van der Waals surface area contributed by atoms with Gasteiger partial charge in [0.05, 0.1) is 13.2 Å². The lowest BCUT2D eigenvalue weighted by molar-refractivity contribution is -0.142. The van der Waals surface area contributed by atoms with E-state index in [9.17, 15) is 4.79 Å². The quantitative estimate of drug-likeness (QED) is 0.664. The van der Waals surface area contributed by atoms with E-state index < -0.39 is 5.54 Å². The number of ether oxygens (including phenoxy) is 1. The van der Waals surface area contributed by atoms with Gasteiger partial charge in [-0.2, -0.15) is 0 Å². The first-order chi connectivity index (χ1) is 9.22. The number of nitrogens with one attached hydrogen (secondary N) is 1. The zero-order valence-electron chi connectivity index (χ0n) is 11.7. The van der Waals surface area contributed by atoms with Crippen molar-refractivity contribution in [2.45, 2.75) is 18.4 Å². The Morgan fingerprint density at radius 1 is 1.37 bits per heavy atom. The van der Waals surface area contributed by atoms with Gasteiger partial charge in [-0.05, 0) is 19.4 Å². The Labute approximate surface area is 114 Å². The maximum absolute atomic E-state index is 12.7. The highest BCUT2D eigenvalue weighted by Crippen LogP contribution is 2.23. The highest BCUT2D eigenvalue weighted by atomic mass is 16.5. The van der Waals surface area contributed by atoms with E-state index in [1.807, 2.05) is 4.90 Å². The van der Waals surface area contributed by atoms with Gasteiger partial charge >= 0.3 is 0 Å². The first kappa shape index (κ1) is 14.7. The number of β-amino-alcohol motifs (C(OH)–C–C–N with tert-alkyl or cyclic N) is 1. The summed E-state index contributed by atoms with van der Waals surface area (Å²) in [5, 5.41) is 12.3. The second-order valence-corrected chi connectivity index (χ2v) is 5.40. The molecule has 2 aliphatic heterocycles. The summed E-state index contributed by atoms with van der Waals surface area (Å²) in [6.07, 6.45) is 1.89. The summed E-state index contributed by atoms with van der Waals surface area (Å²) in [6, 6.07) is 0. The van der Waals surface area contributed by atoms with E-state index in [2.05, 4.69) is 10.2 Å². The molecule has 110 valence electrons. The second-order valence-electron chi connectivity index (χ2n) is 5.40. The van der Waals surface area contributed by atoms with Gasteiger partial charge < -0.3 is 20.1 Å². The number of carbonyl (C=O) groups is 1. The zero-order valence-corrected chi connectivity index (χ0v) is 11.7. The van der Waals surface area contributed by atoms with Crippen molar-refractivity contribution in [2.75, 3.05) is 59.6 Å². The predicted molar refractivity (Wildman–Crippen MR) is 71.9 cm³/mol. The lowest BCUT2D eigenvalue weighted by Crippen LogP contribution is -2.61. The summed E-state index contributed by atoms with van der Waals surface area (Å²) in [5.74, 6) is 0.176. The van der Waals surface area contributed by atoms with Crippen LogP contribution in [0, 0.1) is 0 Å². The second kappa shape index (κ2) is 6.65. The van der Waals surface area contributed by atoms with Crippen LogP contribution in [0.3, 0.4) is 0 Å². The molecule has 19 heavy (non-hydrogen) atoms. The van der Waals surface area contributed by atoms with Gasteiger partial charge in [0.15, 0.2) is 0 Å². The Bertz CT molecular complexity index is 298. The molecular formula is C13H25N3O3. The van der Waals surface area contributed by atoms with Crippen molar-refractivity contribution in [1.29, 1.82) is 0 Å². The average Bonchev–Trinajstić information content (AvgIpc) is 2.89. The molecule has 0 aromatic heterocycles. The molecule has 0 spiro atoms. The lowest BCUT2D eigenvalue weighted by atomic mass is 9.96. The van der Waals surface area contributed by atoms with Gasteiger partial charge in [0.25, 0.3) is 0 Å². The molecule has 1 atom stereocenters. The maximum atomic E-state index is 12.7. The molecule has 1 unspecified atom stereocenters. The third kappa shape index (κ3) is 3.25. The van der Waals surface area contributed by atoms with Crippen LogP contribution in [0.4, 0.5) is 0 Å². The van der Waals surface area contributed by atoms with Crippen LogP contribution < -0.4 is 5.32 Å². The molecule has 0 aromatic rings. The number of amides is 1. The van der Waals surface area contributed by atoms with Crippen molar-refractivity contribution in [3.63, 3.8) is 0 Å². The van der Waals surface area contributed by atoms with E-state index in [1.54, 1.807) is 7.11 Å². The maximum Gasteiger partial charge on any atom is 0.245 e. The molecule has 2 saturated heterocycles. The van der Waals surface area contributed by atoms with Crippen molar-refractivity contribution < 1.29 is 14.6 Å². The summed E-state index contributed by atoms with van der Waals surface area (Å²) < 4.78 is 5.25. The molecule has 0 aliphatic carbocycles. The summed E-state index contributed by atoms with van der Waals surface area (Å²) in [7, 11) is 1.65. The number of aliphatic hydroxyl groups is 1. The Kier molecular flexibility index (Phi) is 5.15. The van der Waals surface area contributed by atoms with Crippen LogP contribution in [-0.4, -0.2) is 85.9 Å². The molecule has 2 fully saturated rings. The van der Waals surface area contributed by atoms with Crippen molar-refractivity contribution in [1.82, 2.24) is 15.1 Å². The van der Waals surface area contributed by atoms with Crippen molar-refractivity contribution >= 4 is 5.91 Å². The molecule has 0 bridgehead atoms. The monoisotopic (exact) mass is 271 g/mol.